The van der Waals surface area contributed by atoms with E-state index in [9.17, 15) is 4.79 Å². The number of carbonyl (C=O) groups excluding carboxylic acids is 1. The van der Waals surface area contributed by atoms with Crippen molar-refractivity contribution in [3.63, 3.8) is 0 Å². The van der Waals surface area contributed by atoms with Crippen LogP contribution in [0.5, 0.6) is 0 Å². The standard InChI is InChI=1S/C17H17NOSe/c1-17(12-20-13-8-4-3-5-9-13)14-10-6-7-11-15(14)18(2)16(17)19/h3-11H,12H2,1-2H3/t17-/m1/s1. The maximum absolute atomic E-state index is 12.6. The minimum absolute atomic E-state index is 0.219. The molecular formula is C17H17NOSe. The van der Waals surface area contributed by atoms with Crippen molar-refractivity contribution in [3.8, 4) is 0 Å². The number of rotatable bonds is 3. The zero-order valence-corrected chi connectivity index (χ0v) is 13.4. The summed E-state index contributed by atoms with van der Waals surface area (Å²) in [7, 11) is 1.88. The van der Waals surface area contributed by atoms with Gasteiger partial charge in [-0.1, -0.05) is 0 Å². The molecule has 0 saturated carbocycles. The zero-order valence-electron chi connectivity index (χ0n) is 11.7. The van der Waals surface area contributed by atoms with Gasteiger partial charge in [-0.3, -0.25) is 0 Å². The molecule has 2 aromatic carbocycles. The quantitative estimate of drug-likeness (QED) is 0.792. The number of benzene rings is 2. The van der Waals surface area contributed by atoms with Gasteiger partial charge in [-0.15, -0.1) is 0 Å². The summed E-state index contributed by atoms with van der Waals surface area (Å²) in [6, 6.07) is 18.6. The van der Waals surface area contributed by atoms with E-state index in [1.807, 2.05) is 31.3 Å². The van der Waals surface area contributed by atoms with Crippen LogP contribution >= 0.6 is 0 Å². The molecule has 3 rings (SSSR count). The fourth-order valence-corrected chi connectivity index (χ4v) is 4.99. The van der Waals surface area contributed by atoms with Crippen LogP contribution in [0.2, 0.25) is 5.32 Å². The molecule has 0 spiro atoms. The van der Waals surface area contributed by atoms with Gasteiger partial charge < -0.3 is 0 Å². The molecule has 0 N–H and O–H groups in total. The first-order valence-electron chi connectivity index (χ1n) is 6.68. The number of para-hydroxylation sites is 1. The van der Waals surface area contributed by atoms with Gasteiger partial charge in [-0.05, 0) is 0 Å². The Morgan fingerprint density at radius 1 is 1.05 bits per heavy atom. The fourth-order valence-electron chi connectivity index (χ4n) is 2.71. The minimum atomic E-state index is -0.374. The number of likely N-dealkylation sites (N-methyl/N-ethyl adjacent to an activating group) is 1. The summed E-state index contributed by atoms with van der Waals surface area (Å²) >= 11 is 0.309. The number of hydrogen-bond donors (Lipinski definition) is 0. The van der Waals surface area contributed by atoms with Crippen LogP contribution in [-0.2, 0) is 10.2 Å². The normalized spacial score (nSPS) is 21.1. The number of hydrogen-bond acceptors (Lipinski definition) is 1. The molecule has 1 aliphatic rings. The van der Waals surface area contributed by atoms with E-state index < -0.39 is 0 Å². The van der Waals surface area contributed by atoms with Gasteiger partial charge >= 0.3 is 126 Å². The molecule has 2 aromatic rings. The van der Waals surface area contributed by atoms with Crippen LogP contribution < -0.4 is 9.36 Å². The predicted octanol–water partition coefficient (Wildman–Crippen LogP) is 2.37. The number of carbonyl (C=O) groups is 1. The first-order valence-corrected chi connectivity index (χ1v) is 8.75. The molecule has 0 aromatic heterocycles. The van der Waals surface area contributed by atoms with E-state index in [1.165, 1.54) is 10.0 Å². The molecule has 0 unspecified atom stereocenters. The van der Waals surface area contributed by atoms with Crippen molar-refractivity contribution in [2.45, 2.75) is 17.7 Å². The van der Waals surface area contributed by atoms with Crippen molar-refractivity contribution in [2.24, 2.45) is 0 Å². The Morgan fingerprint density at radius 2 is 1.70 bits per heavy atom. The van der Waals surface area contributed by atoms with E-state index >= 15 is 0 Å². The Balaban J connectivity index is 1.90. The van der Waals surface area contributed by atoms with E-state index in [1.54, 1.807) is 4.90 Å². The second-order valence-corrected chi connectivity index (χ2v) is 7.52. The summed E-state index contributed by atoms with van der Waals surface area (Å²) in [6.07, 6.45) is 0. The zero-order chi connectivity index (χ0) is 14.2. The summed E-state index contributed by atoms with van der Waals surface area (Å²) in [5.74, 6) is 0.219. The molecule has 20 heavy (non-hydrogen) atoms. The molecule has 3 heteroatoms. The van der Waals surface area contributed by atoms with Crippen molar-refractivity contribution in [1.29, 1.82) is 0 Å². The Hall–Kier alpha value is -1.57. The fraction of sp³-hybridized carbons (Fsp3) is 0.235. The molecule has 1 aliphatic heterocycles. The molecule has 0 aliphatic carbocycles. The molecule has 0 radical (unpaired) electrons. The molecule has 102 valence electrons. The molecule has 1 amide bonds. The SMILES string of the molecule is CN1C(=O)[C@](C)(C[Se]c2ccccc2)c2ccccc21. The van der Waals surface area contributed by atoms with Crippen molar-refractivity contribution >= 4 is 31.0 Å². The topological polar surface area (TPSA) is 20.3 Å². The Labute approximate surface area is 126 Å². The maximum atomic E-state index is 12.6. The van der Waals surface area contributed by atoms with Crippen molar-refractivity contribution < 1.29 is 4.79 Å². The molecular weight excluding hydrogens is 313 g/mol. The van der Waals surface area contributed by atoms with Gasteiger partial charge in [-0.25, -0.2) is 0 Å². The average Bonchev–Trinajstić information content (AvgIpc) is 2.69. The Bertz CT molecular complexity index is 640. The summed E-state index contributed by atoms with van der Waals surface area (Å²) in [6.45, 7) is 2.09. The van der Waals surface area contributed by atoms with Gasteiger partial charge in [0.1, 0.15) is 0 Å². The van der Waals surface area contributed by atoms with Crippen LogP contribution in [0, 0.1) is 0 Å². The van der Waals surface area contributed by atoms with Gasteiger partial charge in [0.15, 0.2) is 0 Å². The van der Waals surface area contributed by atoms with Gasteiger partial charge in [-0.2, -0.15) is 0 Å². The molecule has 1 heterocycles. The van der Waals surface area contributed by atoms with E-state index in [-0.39, 0.29) is 11.3 Å². The monoisotopic (exact) mass is 331 g/mol. The second kappa shape index (κ2) is 5.08. The average molecular weight is 330 g/mol. The van der Waals surface area contributed by atoms with Crippen LogP contribution in [0.25, 0.3) is 0 Å². The van der Waals surface area contributed by atoms with E-state index in [0.717, 1.165) is 11.0 Å². The molecule has 0 bridgehead atoms. The predicted molar refractivity (Wildman–Crippen MR) is 83.8 cm³/mol. The third-order valence-electron chi connectivity index (χ3n) is 3.91. The Kier molecular flexibility index (Phi) is 3.41. The second-order valence-electron chi connectivity index (χ2n) is 5.32. The van der Waals surface area contributed by atoms with Gasteiger partial charge in [0.05, 0.1) is 0 Å². The summed E-state index contributed by atoms with van der Waals surface area (Å²) in [5.41, 5.74) is 1.86. The number of nitrogens with zero attached hydrogens (tertiary/aromatic N) is 1. The first kappa shape index (κ1) is 13.4. The van der Waals surface area contributed by atoms with E-state index in [2.05, 4.69) is 37.3 Å². The van der Waals surface area contributed by atoms with E-state index in [0.29, 0.717) is 15.0 Å². The molecule has 1 atom stereocenters. The van der Waals surface area contributed by atoms with Crippen molar-refractivity contribution in [3.05, 3.63) is 60.2 Å². The third-order valence-corrected chi connectivity index (χ3v) is 6.69. The van der Waals surface area contributed by atoms with Crippen LogP contribution in [0.15, 0.2) is 54.6 Å². The number of fused-ring (bicyclic) bond motifs is 1. The van der Waals surface area contributed by atoms with Gasteiger partial charge in [0.25, 0.3) is 0 Å². The summed E-state index contributed by atoms with van der Waals surface area (Å²) in [5, 5.41) is 0.907. The van der Waals surface area contributed by atoms with Crippen molar-refractivity contribution in [1.82, 2.24) is 0 Å². The van der Waals surface area contributed by atoms with Crippen LogP contribution in [-0.4, -0.2) is 27.9 Å². The summed E-state index contributed by atoms with van der Waals surface area (Å²) < 4.78 is 1.35. The first-order chi connectivity index (χ1) is 9.63. The van der Waals surface area contributed by atoms with Gasteiger partial charge in [0, 0.05) is 0 Å². The number of anilines is 1. The van der Waals surface area contributed by atoms with Crippen LogP contribution in [0.1, 0.15) is 12.5 Å². The number of amides is 1. The third kappa shape index (κ3) is 2.07. The van der Waals surface area contributed by atoms with E-state index in [4.69, 9.17) is 0 Å². The Morgan fingerprint density at radius 3 is 2.45 bits per heavy atom. The summed E-state index contributed by atoms with van der Waals surface area (Å²) in [4.78, 5) is 14.4. The van der Waals surface area contributed by atoms with Crippen molar-refractivity contribution in [2.75, 3.05) is 11.9 Å². The van der Waals surface area contributed by atoms with Gasteiger partial charge in [0.2, 0.25) is 0 Å². The van der Waals surface area contributed by atoms with Crippen LogP contribution in [0.4, 0.5) is 5.69 Å². The molecule has 2 nitrogen and oxygen atoms in total. The molecule has 0 saturated heterocycles. The van der Waals surface area contributed by atoms with Crippen LogP contribution in [0.3, 0.4) is 0 Å². The molecule has 0 fully saturated rings.